The smallest absolute Gasteiger partial charge is 0.0638 e. The molecule has 1 heterocycles. The number of nitrogens with zero attached hydrogens (tertiary/aromatic N) is 1. The van der Waals surface area contributed by atoms with Crippen molar-refractivity contribution >= 4 is 0 Å². The SMILES string of the molecule is Cc1n[nH]c(C)c1CNC1C(C)(C)C1(C)C. The Kier molecular flexibility index (Phi) is 2.42. The molecule has 0 saturated heterocycles. The Labute approximate surface area is 98.0 Å². The van der Waals surface area contributed by atoms with Gasteiger partial charge in [-0.05, 0) is 24.7 Å². The van der Waals surface area contributed by atoms with E-state index in [1.807, 2.05) is 0 Å². The van der Waals surface area contributed by atoms with Crippen LogP contribution in [0, 0.1) is 24.7 Å². The maximum atomic E-state index is 4.22. The summed E-state index contributed by atoms with van der Waals surface area (Å²) in [6.45, 7) is 14.4. The van der Waals surface area contributed by atoms with Crippen LogP contribution in [-0.2, 0) is 6.54 Å². The average Bonchev–Trinajstić information content (AvgIpc) is 2.43. The van der Waals surface area contributed by atoms with Crippen LogP contribution in [0.4, 0.5) is 0 Å². The number of H-pyrrole nitrogens is 1. The molecule has 1 aromatic rings. The van der Waals surface area contributed by atoms with Crippen molar-refractivity contribution in [1.29, 1.82) is 0 Å². The summed E-state index contributed by atoms with van der Waals surface area (Å²) in [4.78, 5) is 0. The second-order valence-corrected chi connectivity index (χ2v) is 6.17. The number of rotatable bonds is 3. The van der Waals surface area contributed by atoms with Crippen molar-refractivity contribution in [3.63, 3.8) is 0 Å². The number of hydrogen-bond donors (Lipinski definition) is 2. The van der Waals surface area contributed by atoms with E-state index in [0.717, 1.165) is 12.2 Å². The van der Waals surface area contributed by atoms with Crippen LogP contribution >= 0.6 is 0 Å². The van der Waals surface area contributed by atoms with Gasteiger partial charge in [0.15, 0.2) is 0 Å². The highest BCUT2D eigenvalue weighted by Gasteiger charge is 2.64. The lowest BCUT2D eigenvalue weighted by Crippen LogP contribution is -2.22. The predicted octanol–water partition coefficient (Wildman–Crippen LogP) is 2.55. The average molecular weight is 221 g/mol. The van der Waals surface area contributed by atoms with Gasteiger partial charge in [-0.1, -0.05) is 27.7 Å². The van der Waals surface area contributed by atoms with Gasteiger partial charge in [0, 0.05) is 23.8 Å². The molecule has 1 aromatic heterocycles. The molecule has 1 aliphatic rings. The summed E-state index contributed by atoms with van der Waals surface area (Å²) in [5.41, 5.74) is 4.41. The highest BCUT2D eigenvalue weighted by molar-refractivity contribution is 5.25. The van der Waals surface area contributed by atoms with E-state index in [-0.39, 0.29) is 0 Å². The van der Waals surface area contributed by atoms with Crippen LogP contribution in [-0.4, -0.2) is 16.2 Å². The Morgan fingerprint density at radius 2 is 1.75 bits per heavy atom. The number of aromatic amines is 1. The second-order valence-electron chi connectivity index (χ2n) is 6.17. The summed E-state index contributed by atoms with van der Waals surface area (Å²) >= 11 is 0. The van der Waals surface area contributed by atoms with Crippen LogP contribution < -0.4 is 5.32 Å². The summed E-state index contributed by atoms with van der Waals surface area (Å²) in [6.07, 6.45) is 0. The van der Waals surface area contributed by atoms with Gasteiger partial charge in [-0.2, -0.15) is 5.10 Å². The van der Waals surface area contributed by atoms with Crippen molar-refractivity contribution in [3.8, 4) is 0 Å². The van der Waals surface area contributed by atoms with Gasteiger partial charge in [0.2, 0.25) is 0 Å². The molecule has 16 heavy (non-hydrogen) atoms. The Balaban J connectivity index is 2.00. The molecule has 0 radical (unpaired) electrons. The Morgan fingerprint density at radius 3 is 2.12 bits per heavy atom. The van der Waals surface area contributed by atoms with Crippen LogP contribution in [0.2, 0.25) is 0 Å². The monoisotopic (exact) mass is 221 g/mol. The molecule has 2 N–H and O–H groups in total. The van der Waals surface area contributed by atoms with Gasteiger partial charge in [-0.15, -0.1) is 0 Å². The summed E-state index contributed by atoms with van der Waals surface area (Å²) in [5, 5.41) is 10.9. The Bertz CT molecular complexity index is 368. The number of hydrogen-bond acceptors (Lipinski definition) is 2. The number of aryl methyl sites for hydroxylation is 2. The zero-order valence-corrected chi connectivity index (χ0v) is 11.2. The van der Waals surface area contributed by atoms with E-state index in [0.29, 0.717) is 16.9 Å². The first-order valence-corrected chi connectivity index (χ1v) is 6.02. The third-order valence-electron chi connectivity index (χ3n) is 4.78. The van der Waals surface area contributed by atoms with Crippen LogP contribution in [0.5, 0.6) is 0 Å². The zero-order valence-electron chi connectivity index (χ0n) is 11.2. The first kappa shape index (κ1) is 11.6. The van der Waals surface area contributed by atoms with Crippen molar-refractivity contribution in [1.82, 2.24) is 15.5 Å². The summed E-state index contributed by atoms with van der Waals surface area (Å²) in [7, 11) is 0. The van der Waals surface area contributed by atoms with E-state index >= 15 is 0 Å². The lowest BCUT2D eigenvalue weighted by molar-refractivity contribution is 0.457. The first-order chi connectivity index (χ1) is 7.28. The molecule has 1 aliphatic carbocycles. The van der Waals surface area contributed by atoms with Crippen LogP contribution in [0.15, 0.2) is 0 Å². The fraction of sp³-hybridized carbons (Fsp3) is 0.769. The summed E-state index contributed by atoms with van der Waals surface area (Å²) in [6, 6.07) is 0.605. The Hall–Kier alpha value is -0.830. The molecule has 0 atom stereocenters. The third kappa shape index (κ3) is 1.49. The fourth-order valence-electron chi connectivity index (χ4n) is 2.75. The number of nitrogens with one attached hydrogen (secondary N) is 2. The standard InChI is InChI=1S/C13H23N3/c1-8-10(9(2)16-15-8)7-14-11-12(3,4)13(11,5)6/h11,14H,7H2,1-6H3,(H,15,16). The van der Waals surface area contributed by atoms with Gasteiger partial charge < -0.3 is 5.32 Å². The molecular weight excluding hydrogens is 198 g/mol. The van der Waals surface area contributed by atoms with Crippen molar-refractivity contribution in [3.05, 3.63) is 17.0 Å². The zero-order chi connectivity index (χ0) is 12.1. The van der Waals surface area contributed by atoms with E-state index < -0.39 is 0 Å². The minimum atomic E-state index is 0.401. The molecule has 0 unspecified atom stereocenters. The molecule has 0 spiro atoms. The van der Waals surface area contributed by atoms with Gasteiger partial charge in [0.1, 0.15) is 0 Å². The van der Waals surface area contributed by atoms with Crippen molar-refractivity contribution in [2.24, 2.45) is 10.8 Å². The summed E-state index contributed by atoms with van der Waals surface area (Å²) in [5.74, 6) is 0. The van der Waals surface area contributed by atoms with Crippen LogP contribution in [0.3, 0.4) is 0 Å². The van der Waals surface area contributed by atoms with Crippen molar-refractivity contribution < 1.29 is 0 Å². The normalized spacial score (nSPS) is 22.4. The minimum Gasteiger partial charge on any atom is -0.309 e. The molecule has 0 amide bonds. The molecule has 3 nitrogen and oxygen atoms in total. The third-order valence-corrected chi connectivity index (χ3v) is 4.78. The largest absolute Gasteiger partial charge is 0.309 e. The topological polar surface area (TPSA) is 40.7 Å². The van der Waals surface area contributed by atoms with E-state index in [4.69, 9.17) is 0 Å². The highest BCUT2D eigenvalue weighted by Crippen LogP contribution is 2.62. The van der Waals surface area contributed by atoms with Gasteiger partial charge in [0.05, 0.1) is 5.69 Å². The molecule has 0 aliphatic heterocycles. The van der Waals surface area contributed by atoms with Crippen molar-refractivity contribution in [2.75, 3.05) is 0 Å². The maximum Gasteiger partial charge on any atom is 0.0638 e. The molecule has 90 valence electrons. The molecule has 2 rings (SSSR count). The molecular formula is C13H23N3. The van der Waals surface area contributed by atoms with Crippen molar-refractivity contribution in [2.45, 2.75) is 54.1 Å². The van der Waals surface area contributed by atoms with E-state index in [2.05, 4.69) is 57.1 Å². The van der Waals surface area contributed by atoms with Gasteiger partial charge in [0.25, 0.3) is 0 Å². The van der Waals surface area contributed by atoms with E-state index in [1.54, 1.807) is 0 Å². The van der Waals surface area contributed by atoms with Gasteiger partial charge in [-0.25, -0.2) is 0 Å². The lowest BCUT2D eigenvalue weighted by Gasteiger charge is -2.06. The lowest BCUT2D eigenvalue weighted by atomic mass is 10.0. The molecule has 3 heteroatoms. The van der Waals surface area contributed by atoms with Crippen LogP contribution in [0.1, 0.15) is 44.6 Å². The highest BCUT2D eigenvalue weighted by atomic mass is 15.1. The predicted molar refractivity (Wildman–Crippen MR) is 66.3 cm³/mol. The van der Waals surface area contributed by atoms with E-state index in [1.165, 1.54) is 11.3 Å². The first-order valence-electron chi connectivity index (χ1n) is 6.02. The Morgan fingerprint density at radius 1 is 1.19 bits per heavy atom. The van der Waals surface area contributed by atoms with Gasteiger partial charge >= 0.3 is 0 Å². The molecule has 1 fully saturated rings. The number of aromatic nitrogens is 2. The fourth-order valence-corrected chi connectivity index (χ4v) is 2.75. The summed E-state index contributed by atoms with van der Waals surface area (Å²) < 4.78 is 0. The van der Waals surface area contributed by atoms with Crippen LogP contribution in [0.25, 0.3) is 0 Å². The van der Waals surface area contributed by atoms with Gasteiger partial charge in [-0.3, -0.25) is 5.10 Å². The second kappa shape index (κ2) is 3.33. The molecule has 0 bridgehead atoms. The molecule has 1 saturated carbocycles. The molecule has 0 aromatic carbocycles. The maximum absolute atomic E-state index is 4.22. The van der Waals surface area contributed by atoms with E-state index in [9.17, 15) is 0 Å². The quantitative estimate of drug-likeness (QED) is 0.823. The minimum absolute atomic E-state index is 0.401.